The monoisotopic (exact) mass is 371 g/mol. The van der Waals surface area contributed by atoms with Gasteiger partial charge in [0.2, 0.25) is 0 Å². The van der Waals surface area contributed by atoms with Gasteiger partial charge in [0.1, 0.15) is 24.6 Å². The molecule has 3 heterocycles. The van der Waals surface area contributed by atoms with Gasteiger partial charge in [-0.15, -0.1) is 0 Å². The molecule has 27 heavy (non-hydrogen) atoms. The van der Waals surface area contributed by atoms with Gasteiger partial charge in [0, 0.05) is 5.56 Å². The number of nitrogens with one attached hydrogen (secondary N) is 1. The van der Waals surface area contributed by atoms with Crippen LogP contribution in [0.4, 0.5) is 5.82 Å². The zero-order valence-electron chi connectivity index (χ0n) is 14.0. The fraction of sp³-hybridized carbons (Fsp3) is 0.294. The van der Waals surface area contributed by atoms with E-state index in [0.717, 1.165) is 0 Å². The van der Waals surface area contributed by atoms with Crippen LogP contribution in [0.5, 0.6) is 0 Å². The molecule has 10 nitrogen and oxygen atoms in total. The van der Waals surface area contributed by atoms with Crippen LogP contribution in [0.2, 0.25) is 0 Å². The number of fused-ring (bicyclic) bond motifs is 1. The van der Waals surface area contributed by atoms with Gasteiger partial charge in [-0.05, 0) is 12.1 Å². The van der Waals surface area contributed by atoms with E-state index in [1.165, 1.54) is 17.2 Å². The van der Waals surface area contributed by atoms with Crippen molar-refractivity contribution in [3.8, 4) is 0 Å². The van der Waals surface area contributed by atoms with Gasteiger partial charge in [0.15, 0.2) is 23.2 Å². The molecular formula is C17H17N5O5. The van der Waals surface area contributed by atoms with E-state index >= 15 is 0 Å². The van der Waals surface area contributed by atoms with E-state index < -0.39 is 31.1 Å². The van der Waals surface area contributed by atoms with Crippen molar-refractivity contribution < 1.29 is 24.9 Å². The van der Waals surface area contributed by atoms with Gasteiger partial charge < -0.3 is 25.4 Å². The van der Waals surface area contributed by atoms with Crippen molar-refractivity contribution in [2.45, 2.75) is 24.5 Å². The molecule has 140 valence electrons. The third kappa shape index (κ3) is 3.04. The van der Waals surface area contributed by atoms with E-state index in [1.54, 1.807) is 24.3 Å². The number of aliphatic hydroxyl groups is 3. The normalized spacial score (nSPS) is 25.0. The molecule has 1 amide bonds. The number of carbonyl (C=O) groups excluding carboxylic acids is 1. The van der Waals surface area contributed by atoms with Crippen molar-refractivity contribution in [1.82, 2.24) is 19.5 Å². The number of ether oxygens (including phenoxy) is 1. The summed E-state index contributed by atoms with van der Waals surface area (Å²) in [5, 5.41) is 32.1. The van der Waals surface area contributed by atoms with Crippen LogP contribution >= 0.6 is 0 Å². The molecule has 1 aromatic carbocycles. The number of aromatic nitrogens is 4. The summed E-state index contributed by atoms with van der Waals surface area (Å²) in [6.45, 7) is -0.436. The zero-order valence-corrected chi connectivity index (χ0v) is 14.0. The summed E-state index contributed by atoms with van der Waals surface area (Å²) in [6, 6.07) is 8.65. The number of rotatable bonds is 4. The van der Waals surface area contributed by atoms with Crippen LogP contribution < -0.4 is 5.32 Å². The molecule has 0 unspecified atom stereocenters. The first-order valence-corrected chi connectivity index (χ1v) is 8.26. The van der Waals surface area contributed by atoms with Crippen LogP contribution in [0.3, 0.4) is 0 Å². The highest BCUT2D eigenvalue weighted by atomic mass is 16.6. The lowest BCUT2D eigenvalue weighted by atomic mass is 10.1. The molecule has 1 aliphatic rings. The first-order valence-electron chi connectivity index (χ1n) is 8.26. The molecule has 0 spiro atoms. The van der Waals surface area contributed by atoms with E-state index in [2.05, 4.69) is 20.3 Å². The van der Waals surface area contributed by atoms with Crippen LogP contribution in [-0.4, -0.2) is 65.7 Å². The van der Waals surface area contributed by atoms with Gasteiger partial charge in [0.25, 0.3) is 5.91 Å². The number of nitrogens with zero attached hydrogens (tertiary/aromatic N) is 4. The van der Waals surface area contributed by atoms with Gasteiger partial charge in [0.05, 0.1) is 12.9 Å². The van der Waals surface area contributed by atoms with E-state index in [0.29, 0.717) is 16.7 Å². The molecule has 3 aromatic rings. The number of benzene rings is 1. The number of hydrogen-bond donors (Lipinski definition) is 4. The maximum Gasteiger partial charge on any atom is 0.256 e. The third-order valence-electron chi connectivity index (χ3n) is 4.42. The Bertz CT molecular complexity index is 963. The minimum Gasteiger partial charge on any atom is -0.394 e. The summed E-state index contributed by atoms with van der Waals surface area (Å²) in [7, 11) is 0. The second-order valence-corrected chi connectivity index (χ2v) is 6.10. The first-order chi connectivity index (χ1) is 13.1. The predicted molar refractivity (Wildman–Crippen MR) is 92.7 cm³/mol. The topological polar surface area (TPSA) is 143 Å². The molecule has 2 aromatic heterocycles. The molecule has 0 radical (unpaired) electrons. The van der Waals surface area contributed by atoms with E-state index in [-0.39, 0.29) is 11.7 Å². The lowest BCUT2D eigenvalue weighted by molar-refractivity contribution is -0.0511. The number of anilines is 1. The minimum atomic E-state index is -1.27. The van der Waals surface area contributed by atoms with E-state index in [9.17, 15) is 20.1 Å². The fourth-order valence-electron chi connectivity index (χ4n) is 3.01. The number of carbonyl (C=O) groups is 1. The molecule has 4 rings (SSSR count). The maximum atomic E-state index is 12.4. The Kier molecular flexibility index (Phi) is 4.54. The van der Waals surface area contributed by atoms with Crippen LogP contribution in [-0.2, 0) is 4.74 Å². The highest BCUT2D eigenvalue weighted by molar-refractivity contribution is 6.06. The zero-order chi connectivity index (χ0) is 19.0. The second kappa shape index (κ2) is 7.00. The largest absolute Gasteiger partial charge is 0.394 e. The molecular weight excluding hydrogens is 354 g/mol. The highest BCUT2D eigenvalue weighted by Gasteiger charge is 2.44. The number of amides is 1. The SMILES string of the molecule is O=C(Nc1ncnc2c1ncn2[C@@H]1O[C@@H](CO)[C@H](O)[C@H]1O)c1ccccc1. The van der Waals surface area contributed by atoms with Gasteiger partial charge in [-0.25, -0.2) is 15.0 Å². The Hall–Kier alpha value is -2.92. The van der Waals surface area contributed by atoms with Crippen molar-refractivity contribution in [2.24, 2.45) is 0 Å². The molecule has 0 saturated carbocycles. The Balaban J connectivity index is 1.65. The van der Waals surface area contributed by atoms with Gasteiger partial charge in [-0.3, -0.25) is 9.36 Å². The standard InChI is InChI=1S/C17H17N5O5/c23-6-10-12(24)13(25)17(27-10)22-8-20-11-14(18-7-19-15(11)22)21-16(26)9-4-2-1-3-5-9/h1-5,7-8,10,12-13,17,23-25H,6H2,(H,18,19,21,26)/t10-,12-,13+,17+/m0/s1. The highest BCUT2D eigenvalue weighted by Crippen LogP contribution is 2.32. The van der Waals surface area contributed by atoms with Crippen molar-refractivity contribution >= 4 is 22.9 Å². The summed E-state index contributed by atoms with van der Waals surface area (Å²) in [6.07, 6.45) is -1.77. The Morgan fingerprint density at radius 1 is 1.15 bits per heavy atom. The Morgan fingerprint density at radius 3 is 2.63 bits per heavy atom. The van der Waals surface area contributed by atoms with Crippen molar-refractivity contribution in [3.05, 3.63) is 48.5 Å². The molecule has 4 N–H and O–H groups in total. The first kappa shape index (κ1) is 17.5. The van der Waals surface area contributed by atoms with Crippen LogP contribution in [0.1, 0.15) is 16.6 Å². The van der Waals surface area contributed by atoms with Crippen molar-refractivity contribution in [1.29, 1.82) is 0 Å². The Labute approximate surface area is 153 Å². The molecule has 0 aliphatic carbocycles. The summed E-state index contributed by atoms with van der Waals surface area (Å²) >= 11 is 0. The molecule has 4 atom stereocenters. The van der Waals surface area contributed by atoms with Gasteiger partial charge >= 0.3 is 0 Å². The predicted octanol–water partition coefficient (Wildman–Crippen LogP) is -0.310. The molecule has 10 heteroatoms. The maximum absolute atomic E-state index is 12.4. The molecule has 1 saturated heterocycles. The average molecular weight is 371 g/mol. The fourth-order valence-corrected chi connectivity index (χ4v) is 3.01. The summed E-state index contributed by atoms with van der Waals surface area (Å²) < 4.78 is 6.93. The van der Waals surface area contributed by atoms with Gasteiger partial charge in [-0.1, -0.05) is 18.2 Å². The summed E-state index contributed by atoms with van der Waals surface area (Å²) in [5.41, 5.74) is 1.08. The lowest BCUT2D eigenvalue weighted by Gasteiger charge is -2.16. The van der Waals surface area contributed by atoms with E-state index in [4.69, 9.17) is 4.74 Å². The van der Waals surface area contributed by atoms with E-state index in [1.807, 2.05) is 6.07 Å². The molecule has 0 bridgehead atoms. The summed E-state index contributed by atoms with van der Waals surface area (Å²) in [4.78, 5) is 24.8. The Morgan fingerprint density at radius 2 is 1.93 bits per heavy atom. The van der Waals surface area contributed by atoms with Gasteiger partial charge in [-0.2, -0.15) is 0 Å². The quantitative estimate of drug-likeness (QED) is 0.489. The van der Waals surface area contributed by atoms with Crippen LogP contribution in [0.25, 0.3) is 11.2 Å². The molecule has 1 fully saturated rings. The summed E-state index contributed by atoms with van der Waals surface area (Å²) in [5.74, 6) is -0.141. The smallest absolute Gasteiger partial charge is 0.256 e. The van der Waals surface area contributed by atoms with Crippen LogP contribution in [0.15, 0.2) is 43.0 Å². The second-order valence-electron chi connectivity index (χ2n) is 6.10. The number of imidazole rings is 1. The number of hydrogen-bond acceptors (Lipinski definition) is 8. The average Bonchev–Trinajstić information content (AvgIpc) is 3.25. The number of aliphatic hydroxyl groups excluding tert-OH is 3. The lowest BCUT2D eigenvalue weighted by Crippen LogP contribution is -2.33. The van der Waals surface area contributed by atoms with Crippen LogP contribution in [0, 0.1) is 0 Å². The molecule has 1 aliphatic heterocycles. The van der Waals surface area contributed by atoms with Crippen molar-refractivity contribution in [3.63, 3.8) is 0 Å². The minimum absolute atomic E-state index is 0.208. The van der Waals surface area contributed by atoms with Crippen molar-refractivity contribution in [2.75, 3.05) is 11.9 Å². The third-order valence-corrected chi connectivity index (χ3v) is 4.42.